The zero-order valence-electron chi connectivity index (χ0n) is 23.4. The first-order valence-electron chi connectivity index (χ1n) is 13.6. The maximum atomic E-state index is 13.8. The lowest BCUT2D eigenvalue weighted by atomic mass is 9.95. The van der Waals surface area contributed by atoms with Gasteiger partial charge in [-0.25, -0.2) is 9.97 Å². The number of carbonyl (C=O) groups is 1. The summed E-state index contributed by atoms with van der Waals surface area (Å²) in [6.45, 7) is 2.84. The number of aryl methyl sites for hydroxylation is 2. The van der Waals surface area contributed by atoms with Crippen molar-refractivity contribution in [2.24, 2.45) is 13.0 Å². The number of amides is 1. The van der Waals surface area contributed by atoms with E-state index in [9.17, 15) is 22.8 Å². The second-order valence-electron chi connectivity index (χ2n) is 10.2. The van der Waals surface area contributed by atoms with E-state index in [2.05, 4.69) is 25.6 Å². The summed E-state index contributed by atoms with van der Waals surface area (Å²) in [6.07, 6.45) is 2.14. The molecule has 4 aromatic heterocycles. The van der Waals surface area contributed by atoms with Crippen LogP contribution in [0.2, 0.25) is 5.02 Å². The normalized spacial score (nSPS) is 14.2. The molecule has 0 unspecified atom stereocenters. The number of pyridine rings is 3. The molecule has 1 aliphatic heterocycles. The SMILES string of the molecule is CC(=O)Nc1cc(Oc2cnc3nc(Nc4cc(C(F)(F)F)cn(CCCC5CCOCC5)c4=O)n(C)c3c2Cl)ccn1. The first kappa shape index (κ1) is 30.3. The number of aromatic nitrogens is 5. The molecule has 0 saturated carbocycles. The summed E-state index contributed by atoms with van der Waals surface area (Å²) in [5.74, 6) is 0.944. The van der Waals surface area contributed by atoms with E-state index in [0.29, 0.717) is 36.8 Å². The van der Waals surface area contributed by atoms with Gasteiger partial charge in [0.2, 0.25) is 11.9 Å². The highest BCUT2D eigenvalue weighted by molar-refractivity contribution is 6.36. The van der Waals surface area contributed by atoms with Gasteiger partial charge >= 0.3 is 6.18 Å². The van der Waals surface area contributed by atoms with Crippen molar-refractivity contribution in [1.29, 1.82) is 0 Å². The van der Waals surface area contributed by atoms with Crippen molar-refractivity contribution < 1.29 is 27.4 Å². The smallest absolute Gasteiger partial charge is 0.417 e. The second kappa shape index (κ2) is 12.6. The van der Waals surface area contributed by atoms with Crippen LogP contribution in [0.1, 0.15) is 38.2 Å². The zero-order chi connectivity index (χ0) is 30.7. The van der Waals surface area contributed by atoms with E-state index in [1.807, 2.05) is 0 Å². The summed E-state index contributed by atoms with van der Waals surface area (Å²) >= 11 is 6.64. The van der Waals surface area contributed by atoms with E-state index in [1.165, 1.54) is 30.0 Å². The van der Waals surface area contributed by atoms with Gasteiger partial charge in [0.25, 0.3) is 5.56 Å². The summed E-state index contributed by atoms with van der Waals surface area (Å²) in [7, 11) is 1.58. The molecule has 5 heterocycles. The fourth-order valence-electron chi connectivity index (χ4n) is 4.90. The minimum atomic E-state index is -4.66. The molecule has 0 aromatic carbocycles. The largest absolute Gasteiger partial charge is 0.454 e. The van der Waals surface area contributed by atoms with Crippen LogP contribution in [-0.2, 0) is 29.3 Å². The van der Waals surface area contributed by atoms with Crippen molar-refractivity contribution in [2.45, 2.75) is 45.3 Å². The summed E-state index contributed by atoms with van der Waals surface area (Å²) in [4.78, 5) is 37.3. The molecule has 0 spiro atoms. The molecule has 1 aliphatic rings. The molecule has 0 bridgehead atoms. The van der Waals surface area contributed by atoms with Gasteiger partial charge in [0, 0.05) is 52.2 Å². The van der Waals surface area contributed by atoms with Crippen molar-refractivity contribution >= 4 is 46.1 Å². The van der Waals surface area contributed by atoms with Crippen LogP contribution in [0.25, 0.3) is 11.2 Å². The van der Waals surface area contributed by atoms with Gasteiger partial charge in [0.1, 0.15) is 27.8 Å². The van der Waals surface area contributed by atoms with E-state index in [4.69, 9.17) is 21.1 Å². The molecule has 0 atom stereocenters. The lowest BCUT2D eigenvalue weighted by Crippen LogP contribution is -2.26. The molecule has 1 amide bonds. The Hall–Kier alpha value is -4.17. The molecule has 11 nitrogen and oxygen atoms in total. The van der Waals surface area contributed by atoms with E-state index < -0.39 is 17.3 Å². The predicted molar refractivity (Wildman–Crippen MR) is 154 cm³/mol. The average molecular weight is 620 g/mol. The molecule has 43 heavy (non-hydrogen) atoms. The molecule has 0 radical (unpaired) electrons. The molecule has 2 N–H and O–H groups in total. The number of hydrogen-bond donors (Lipinski definition) is 2. The molecule has 4 aromatic rings. The quantitative estimate of drug-likeness (QED) is 0.237. The third kappa shape index (κ3) is 7.08. The highest BCUT2D eigenvalue weighted by Crippen LogP contribution is 2.36. The van der Waals surface area contributed by atoms with Crippen molar-refractivity contribution in [3.8, 4) is 11.5 Å². The van der Waals surface area contributed by atoms with E-state index in [1.54, 1.807) is 13.1 Å². The Labute approximate surface area is 249 Å². The monoisotopic (exact) mass is 619 g/mol. The van der Waals surface area contributed by atoms with Gasteiger partial charge in [-0.1, -0.05) is 11.6 Å². The first-order chi connectivity index (χ1) is 20.5. The van der Waals surface area contributed by atoms with Crippen LogP contribution in [0, 0.1) is 5.92 Å². The number of fused-ring (bicyclic) bond motifs is 1. The standard InChI is InChI=1S/C28H29ClF3N7O4/c1-16(40)35-22-13-19(5-8-33-22)43-21-14-34-25-24(23(21)29)38(2)27(37-25)36-20-12-18(28(30,31)32)15-39(26(20)41)9-3-4-17-6-10-42-11-7-17/h5,8,12-15,17H,3-4,6-7,9-11H2,1-2H3,(H,33,35,40)(H,34,36,37). The highest BCUT2D eigenvalue weighted by atomic mass is 35.5. The van der Waals surface area contributed by atoms with Crippen LogP contribution in [-0.4, -0.2) is 43.2 Å². The molecule has 15 heteroatoms. The van der Waals surface area contributed by atoms with Crippen molar-refractivity contribution in [3.63, 3.8) is 0 Å². The average Bonchev–Trinajstić information content (AvgIpc) is 3.27. The van der Waals surface area contributed by atoms with Crippen molar-refractivity contribution in [1.82, 2.24) is 24.1 Å². The molecule has 1 saturated heterocycles. The Bertz CT molecular complexity index is 1700. The Morgan fingerprint density at radius 3 is 2.72 bits per heavy atom. The molecular formula is C28H29ClF3N7O4. The Kier molecular flexibility index (Phi) is 8.87. The van der Waals surface area contributed by atoms with Crippen LogP contribution in [0.15, 0.2) is 41.6 Å². The zero-order valence-corrected chi connectivity index (χ0v) is 24.1. The van der Waals surface area contributed by atoms with Gasteiger partial charge in [0.05, 0.1) is 11.8 Å². The van der Waals surface area contributed by atoms with E-state index >= 15 is 0 Å². The molecule has 5 rings (SSSR count). The number of anilines is 3. The van der Waals surface area contributed by atoms with Crippen molar-refractivity contribution in [2.75, 3.05) is 23.8 Å². The van der Waals surface area contributed by atoms with Crippen LogP contribution < -0.4 is 20.9 Å². The number of ether oxygens (including phenoxy) is 2. The van der Waals surface area contributed by atoms with Gasteiger partial charge < -0.3 is 29.2 Å². The van der Waals surface area contributed by atoms with Crippen molar-refractivity contribution in [3.05, 3.63) is 57.7 Å². The van der Waals surface area contributed by atoms with E-state index in [-0.39, 0.29) is 46.3 Å². The minimum absolute atomic E-state index is 0.0589. The lowest BCUT2D eigenvalue weighted by molar-refractivity contribution is -0.138. The second-order valence-corrected chi connectivity index (χ2v) is 10.6. The van der Waals surface area contributed by atoms with Gasteiger partial charge in [-0.2, -0.15) is 18.2 Å². The maximum absolute atomic E-state index is 13.8. The van der Waals surface area contributed by atoms with Crippen LogP contribution >= 0.6 is 11.6 Å². The number of nitrogens with zero attached hydrogens (tertiary/aromatic N) is 5. The summed E-state index contributed by atoms with van der Waals surface area (Å²) < 4.78 is 55.2. The fourth-order valence-corrected chi connectivity index (χ4v) is 5.20. The number of imidazole rings is 1. The number of hydrogen-bond acceptors (Lipinski definition) is 8. The Balaban J connectivity index is 1.41. The predicted octanol–water partition coefficient (Wildman–Crippen LogP) is 5.90. The van der Waals surface area contributed by atoms with Gasteiger partial charge in [-0.3, -0.25) is 9.59 Å². The van der Waals surface area contributed by atoms with Crippen LogP contribution in [0.3, 0.4) is 0 Å². The van der Waals surface area contributed by atoms with Gasteiger partial charge in [0.15, 0.2) is 11.4 Å². The number of alkyl halides is 3. The third-order valence-corrected chi connectivity index (χ3v) is 7.45. The topological polar surface area (TPSA) is 125 Å². The first-order valence-corrected chi connectivity index (χ1v) is 14.0. The maximum Gasteiger partial charge on any atom is 0.417 e. The summed E-state index contributed by atoms with van der Waals surface area (Å²) in [5, 5.41) is 5.44. The summed E-state index contributed by atoms with van der Waals surface area (Å²) in [5.41, 5.74) is -1.35. The molecule has 0 aliphatic carbocycles. The molecular weight excluding hydrogens is 591 g/mol. The Morgan fingerprint density at radius 2 is 2.00 bits per heavy atom. The van der Waals surface area contributed by atoms with Crippen LogP contribution in [0.5, 0.6) is 11.5 Å². The van der Waals surface area contributed by atoms with Gasteiger partial charge in [-0.05, 0) is 43.7 Å². The number of halogens is 4. The minimum Gasteiger partial charge on any atom is -0.454 e. The molecule has 1 fully saturated rings. The number of nitrogens with one attached hydrogen (secondary N) is 2. The third-order valence-electron chi connectivity index (χ3n) is 7.08. The number of carbonyl (C=O) groups excluding carboxylic acids is 1. The number of rotatable bonds is 9. The fraction of sp³-hybridized carbons (Fsp3) is 0.393. The summed E-state index contributed by atoms with van der Waals surface area (Å²) in [6, 6.07) is 3.83. The highest BCUT2D eigenvalue weighted by Gasteiger charge is 2.32. The lowest BCUT2D eigenvalue weighted by Gasteiger charge is -2.22. The Morgan fingerprint density at radius 1 is 1.23 bits per heavy atom. The van der Waals surface area contributed by atoms with Gasteiger partial charge in [-0.15, -0.1) is 0 Å². The van der Waals surface area contributed by atoms with Crippen LogP contribution in [0.4, 0.5) is 30.6 Å². The van der Waals surface area contributed by atoms with E-state index in [0.717, 1.165) is 36.1 Å². The molecule has 228 valence electrons.